The van der Waals surface area contributed by atoms with Gasteiger partial charge in [0.25, 0.3) is 0 Å². The van der Waals surface area contributed by atoms with Crippen molar-refractivity contribution >= 4 is 23.9 Å². The van der Waals surface area contributed by atoms with Crippen LogP contribution in [0.1, 0.15) is 0 Å². The van der Waals surface area contributed by atoms with E-state index in [2.05, 4.69) is 22.9 Å². The van der Waals surface area contributed by atoms with Gasteiger partial charge in [0.15, 0.2) is 0 Å². The van der Waals surface area contributed by atoms with Gasteiger partial charge < -0.3 is 14.2 Å². The number of H-pyrrole nitrogens is 2. The third-order valence-corrected chi connectivity index (χ3v) is 1.80. The molecule has 0 saturated heterocycles. The van der Waals surface area contributed by atoms with Crippen LogP contribution in [0.3, 0.4) is 0 Å². The lowest BCUT2D eigenvalue weighted by molar-refractivity contribution is 0.660. The molecule has 0 aliphatic heterocycles. The average Bonchev–Trinajstić information content (AvgIpc) is 2.43. The first-order valence-corrected chi connectivity index (χ1v) is 3.69. The van der Waals surface area contributed by atoms with Gasteiger partial charge in [-0.2, -0.15) is 0 Å². The van der Waals surface area contributed by atoms with Crippen molar-refractivity contribution in [3.8, 4) is 5.75 Å². The van der Waals surface area contributed by atoms with Crippen LogP contribution in [0.4, 0.5) is 0 Å². The molecule has 0 radical (unpaired) electrons. The van der Waals surface area contributed by atoms with Crippen molar-refractivity contribution in [1.29, 1.82) is 0 Å². The zero-order valence-electron chi connectivity index (χ0n) is 6.00. The maximum atomic E-state index is 10.8. The molecule has 0 aliphatic carbocycles. The summed E-state index contributed by atoms with van der Waals surface area (Å²) >= 11 is 3.64. The van der Waals surface area contributed by atoms with E-state index in [0.717, 1.165) is 5.52 Å². The number of rotatable bonds is 1. The van der Waals surface area contributed by atoms with Crippen LogP contribution in [0.2, 0.25) is 0 Å². The predicted molar refractivity (Wildman–Crippen MR) is 48.5 cm³/mol. The van der Waals surface area contributed by atoms with E-state index in [1.807, 2.05) is 0 Å². The summed E-state index contributed by atoms with van der Waals surface area (Å²) in [4.78, 5) is 16.0. The van der Waals surface area contributed by atoms with Gasteiger partial charge in [0.2, 0.25) is 0 Å². The average molecular weight is 182 g/mol. The first-order valence-electron chi connectivity index (χ1n) is 3.33. The summed E-state index contributed by atoms with van der Waals surface area (Å²) in [7, 11) is 0. The number of thiol groups is 1. The Morgan fingerprint density at radius 2 is 2.00 bits per heavy atom. The SMILES string of the molecule is O=c1[nH]c2ccc(OS)cc2[nH]1. The van der Waals surface area contributed by atoms with E-state index in [4.69, 9.17) is 4.18 Å². The lowest BCUT2D eigenvalue weighted by atomic mass is 10.3. The summed E-state index contributed by atoms with van der Waals surface area (Å²) in [6, 6.07) is 5.16. The summed E-state index contributed by atoms with van der Waals surface area (Å²) in [5.74, 6) is 0.598. The van der Waals surface area contributed by atoms with Gasteiger partial charge >= 0.3 is 5.69 Å². The van der Waals surface area contributed by atoms with Crippen molar-refractivity contribution in [3.63, 3.8) is 0 Å². The molecule has 62 valence electrons. The van der Waals surface area contributed by atoms with E-state index in [9.17, 15) is 4.79 Å². The summed E-state index contributed by atoms with van der Waals surface area (Å²) in [6.45, 7) is 0. The largest absolute Gasteiger partial charge is 0.429 e. The number of imidazole rings is 1. The highest BCUT2D eigenvalue weighted by molar-refractivity contribution is 7.75. The lowest BCUT2D eigenvalue weighted by Crippen LogP contribution is -1.99. The summed E-state index contributed by atoms with van der Waals surface area (Å²) in [5, 5.41) is 0. The van der Waals surface area contributed by atoms with Gasteiger partial charge in [-0.25, -0.2) is 4.79 Å². The maximum absolute atomic E-state index is 10.8. The highest BCUT2D eigenvalue weighted by Crippen LogP contribution is 2.16. The van der Waals surface area contributed by atoms with Crippen LogP contribution in [-0.2, 0) is 0 Å². The Bertz CT molecular complexity index is 460. The van der Waals surface area contributed by atoms with Crippen molar-refractivity contribution in [3.05, 3.63) is 28.7 Å². The van der Waals surface area contributed by atoms with Crippen LogP contribution in [0.5, 0.6) is 5.75 Å². The van der Waals surface area contributed by atoms with Crippen molar-refractivity contribution in [2.45, 2.75) is 0 Å². The fourth-order valence-electron chi connectivity index (χ4n) is 1.07. The summed E-state index contributed by atoms with van der Waals surface area (Å²) < 4.78 is 4.69. The molecule has 0 aliphatic rings. The van der Waals surface area contributed by atoms with E-state index < -0.39 is 0 Å². The van der Waals surface area contributed by atoms with Crippen molar-refractivity contribution < 1.29 is 4.18 Å². The first kappa shape index (κ1) is 7.30. The molecule has 1 aromatic heterocycles. The second-order valence-corrected chi connectivity index (χ2v) is 2.56. The smallest absolute Gasteiger partial charge is 0.323 e. The van der Waals surface area contributed by atoms with Gasteiger partial charge in [0.05, 0.1) is 11.0 Å². The molecule has 2 rings (SSSR count). The van der Waals surface area contributed by atoms with E-state index in [-0.39, 0.29) is 5.69 Å². The number of hydrogen-bond acceptors (Lipinski definition) is 3. The number of aromatic amines is 2. The number of nitrogens with one attached hydrogen (secondary N) is 2. The predicted octanol–water partition coefficient (Wildman–Crippen LogP) is 1.08. The van der Waals surface area contributed by atoms with Crippen LogP contribution in [-0.4, -0.2) is 9.97 Å². The minimum absolute atomic E-state index is 0.221. The molecule has 2 aromatic rings. The van der Waals surface area contributed by atoms with E-state index in [0.29, 0.717) is 11.3 Å². The van der Waals surface area contributed by atoms with Crippen LogP contribution in [0.15, 0.2) is 23.0 Å². The van der Waals surface area contributed by atoms with Gasteiger partial charge in [0, 0.05) is 19.0 Å². The summed E-state index contributed by atoms with van der Waals surface area (Å²) in [6.07, 6.45) is 0. The molecule has 12 heavy (non-hydrogen) atoms. The third-order valence-electron chi connectivity index (χ3n) is 1.59. The normalized spacial score (nSPS) is 10.4. The van der Waals surface area contributed by atoms with Gasteiger partial charge in [-0.05, 0) is 12.1 Å². The van der Waals surface area contributed by atoms with Crippen LogP contribution in [0, 0.1) is 0 Å². The Morgan fingerprint density at radius 3 is 2.75 bits per heavy atom. The molecular formula is C7H6N2O2S. The van der Waals surface area contributed by atoms with Crippen LogP contribution < -0.4 is 9.87 Å². The highest BCUT2D eigenvalue weighted by atomic mass is 32.1. The van der Waals surface area contributed by atoms with Gasteiger partial charge in [-0.3, -0.25) is 0 Å². The van der Waals surface area contributed by atoms with Crippen molar-refractivity contribution in [2.24, 2.45) is 0 Å². The fourth-order valence-corrected chi connectivity index (χ4v) is 1.18. The molecule has 1 aromatic carbocycles. The van der Waals surface area contributed by atoms with Gasteiger partial charge in [-0.1, -0.05) is 0 Å². The monoisotopic (exact) mass is 182 g/mol. The molecule has 0 fully saturated rings. The molecule has 0 unspecified atom stereocenters. The van der Waals surface area contributed by atoms with Crippen LogP contribution in [0.25, 0.3) is 11.0 Å². The van der Waals surface area contributed by atoms with Crippen molar-refractivity contribution in [2.75, 3.05) is 0 Å². The molecule has 0 spiro atoms. The molecule has 1 heterocycles. The first-order chi connectivity index (χ1) is 5.79. The number of fused-ring (bicyclic) bond motifs is 1. The van der Waals surface area contributed by atoms with E-state index >= 15 is 0 Å². The second-order valence-electron chi connectivity index (χ2n) is 2.38. The molecule has 0 atom stereocenters. The fraction of sp³-hybridized carbons (Fsp3) is 0. The van der Waals surface area contributed by atoms with Crippen LogP contribution >= 0.6 is 12.9 Å². The third kappa shape index (κ3) is 1.08. The number of benzene rings is 1. The zero-order chi connectivity index (χ0) is 8.55. The van der Waals surface area contributed by atoms with E-state index in [1.54, 1.807) is 18.2 Å². The second kappa shape index (κ2) is 2.60. The molecule has 2 N–H and O–H groups in total. The molecular weight excluding hydrogens is 176 g/mol. The molecule has 5 heteroatoms. The topological polar surface area (TPSA) is 57.9 Å². The summed E-state index contributed by atoms with van der Waals surface area (Å²) in [5.41, 5.74) is 1.25. The number of hydrogen-bond donors (Lipinski definition) is 3. The quantitative estimate of drug-likeness (QED) is 0.456. The molecule has 0 bridgehead atoms. The van der Waals surface area contributed by atoms with Gasteiger partial charge in [0.1, 0.15) is 5.75 Å². The minimum atomic E-state index is -0.221. The maximum Gasteiger partial charge on any atom is 0.323 e. The van der Waals surface area contributed by atoms with Gasteiger partial charge in [-0.15, -0.1) is 0 Å². The lowest BCUT2D eigenvalue weighted by Gasteiger charge is -1.95. The Labute approximate surface area is 73.2 Å². The molecule has 0 amide bonds. The zero-order valence-corrected chi connectivity index (χ0v) is 6.89. The Hall–Kier alpha value is -1.36. The molecule has 0 saturated carbocycles. The number of aromatic nitrogens is 2. The Morgan fingerprint density at radius 1 is 1.25 bits per heavy atom. The van der Waals surface area contributed by atoms with E-state index in [1.165, 1.54) is 0 Å². The molecule has 4 nitrogen and oxygen atoms in total. The highest BCUT2D eigenvalue weighted by Gasteiger charge is 1.98. The Balaban J connectivity index is 2.74. The van der Waals surface area contributed by atoms with Crippen molar-refractivity contribution in [1.82, 2.24) is 9.97 Å². The minimum Gasteiger partial charge on any atom is -0.429 e. The standard InChI is InChI=1S/C7H6N2O2S/c10-7-8-5-2-1-4(11-12)3-6(5)9-7/h1-3,12H,(H2,8,9,10). The Kier molecular flexibility index (Phi) is 1.58.